The van der Waals surface area contributed by atoms with Crippen molar-refractivity contribution in [3.8, 4) is 0 Å². The van der Waals surface area contributed by atoms with E-state index in [1.54, 1.807) is 12.1 Å². The molecule has 0 radical (unpaired) electrons. The summed E-state index contributed by atoms with van der Waals surface area (Å²) in [6.45, 7) is 3.20. The largest absolute Gasteiger partial charge is 0.395 e. The first-order valence-electron chi connectivity index (χ1n) is 10.6. The first-order chi connectivity index (χ1) is 14.5. The highest BCUT2D eigenvalue weighted by Gasteiger charge is 2.25. The van der Waals surface area contributed by atoms with Crippen LogP contribution >= 0.6 is 11.6 Å². The van der Waals surface area contributed by atoms with Crippen LogP contribution in [0.4, 0.5) is 4.39 Å². The number of amides is 1. The Labute approximate surface area is 182 Å². The molecule has 1 fully saturated rings. The number of benzene rings is 2. The lowest BCUT2D eigenvalue weighted by molar-refractivity contribution is 0.0944. The fourth-order valence-corrected chi connectivity index (χ4v) is 4.41. The Hall–Kier alpha value is -1.95. The van der Waals surface area contributed by atoms with Gasteiger partial charge in [-0.1, -0.05) is 29.8 Å². The summed E-state index contributed by atoms with van der Waals surface area (Å²) in [5.41, 5.74) is 2.91. The number of nitrogens with one attached hydrogen (secondary N) is 2. The molecule has 1 amide bonds. The fraction of sp³-hybridized carbons (Fsp3) is 0.458. The minimum atomic E-state index is -0.386. The summed E-state index contributed by atoms with van der Waals surface area (Å²) in [4.78, 5) is 11.9. The lowest BCUT2D eigenvalue weighted by Crippen LogP contribution is -2.26. The Balaban J connectivity index is 1.44. The van der Waals surface area contributed by atoms with Gasteiger partial charge in [-0.05, 0) is 86.4 Å². The van der Waals surface area contributed by atoms with Gasteiger partial charge in [0.05, 0.1) is 11.6 Å². The molecule has 3 atom stereocenters. The van der Waals surface area contributed by atoms with E-state index in [-0.39, 0.29) is 35.9 Å². The maximum absolute atomic E-state index is 13.3. The molecule has 30 heavy (non-hydrogen) atoms. The summed E-state index contributed by atoms with van der Waals surface area (Å²) in [5, 5.41) is 15.2. The van der Waals surface area contributed by atoms with Gasteiger partial charge in [0.15, 0.2) is 0 Å². The van der Waals surface area contributed by atoms with Crippen LogP contribution in [0.15, 0.2) is 42.5 Å². The van der Waals surface area contributed by atoms with Gasteiger partial charge in [0.1, 0.15) is 5.82 Å². The zero-order valence-corrected chi connectivity index (χ0v) is 18.1. The van der Waals surface area contributed by atoms with Crippen LogP contribution in [0.1, 0.15) is 66.1 Å². The number of hydrogen-bond donors (Lipinski definition) is 3. The number of carbonyl (C=O) groups is 1. The molecule has 0 spiro atoms. The molecule has 4 nitrogen and oxygen atoms in total. The third-order valence-corrected chi connectivity index (χ3v) is 6.32. The van der Waals surface area contributed by atoms with Gasteiger partial charge in [0, 0.05) is 18.2 Å². The maximum Gasteiger partial charge on any atom is 0.251 e. The van der Waals surface area contributed by atoms with E-state index in [1.807, 2.05) is 12.1 Å². The van der Waals surface area contributed by atoms with E-state index in [9.17, 15) is 9.18 Å². The second-order valence-corrected chi connectivity index (χ2v) is 8.52. The lowest BCUT2D eigenvalue weighted by Gasteiger charge is -2.17. The van der Waals surface area contributed by atoms with Crippen molar-refractivity contribution in [3.05, 3.63) is 70.0 Å². The van der Waals surface area contributed by atoms with Gasteiger partial charge in [-0.15, -0.1) is 0 Å². The van der Waals surface area contributed by atoms with Crippen LogP contribution in [-0.4, -0.2) is 30.7 Å². The zero-order chi connectivity index (χ0) is 21.5. The molecule has 2 aromatic rings. The highest BCUT2D eigenvalue weighted by atomic mass is 35.5. The monoisotopic (exact) mass is 432 g/mol. The molecule has 1 saturated carbocycles. The predicted octanol–water partition coefficient (Wildman–Crippen LogP) is 4.83. The molecular formula is C24H30ClFN2O2. The van der Waals surface area contributed by atoms with Crippen LogP contribution in [0.3, 0.4) is 0 Å². The van der Waals surface area contributed by atoms with Crippen LogP contribution in [-0.2, 0) is 0 Å². The zero-order valence-electron chi connectivity index (χ0n) is 17.3. The molecule has 6 heteroatoms. The Kier molecular flexibility index (Phi) is 8.25. The summed E-state index contributed by atoms with van der Waals surface area (Å²) >= 11 is 5.88. The van der Waals surface area contributed by atoms with Crippen LogP contribution in [0.25, 0.3) is 0 Å². The van der Waals surface area contributed by atoms with Gasteiger partial charge in [0.25, 0.3) is 5.91 Å². The average Bonchev–Trinajstić information content (AvgIpc) is 3.23. The summed E-state index contributed by atoms with van der Waals surface area (Å²) in [7, 11) is 0. The van der Waals surface area contributed by atoms with Crippen molar-refractivity contribution < 1.29 is 14.3 Å². The van der Waals surface area contributed by atoms with Crippen LogP contribution in [0, 0.1) is 11.7 Å². The molecule has 0 saturated heterocycles. The first kappa shape index (κ1) is 22.7. The maximum atomic E-state index is 13.3. The third kappa shape index (κ3) is 6.03. The fourth-order valence-electron chi connectivity index (χ4n) is 4.22. The van der Waals surface area contributed by atoms with Crippen molar-refractivity contribution in [2.24, 2.45) is 5.92 Å². The number of halogens is 2. The number of carbonyl (C=O) groups excluding carboxylic acids is 1. The first-order valence-corrected chi connectivity index (χ1v) is 11.0. The van der Waals surface area contributed by atoms with Crippen molar-refractivity contribution in [1.82, 2.24) is 10.6 Å². The average molecular weight is 433 g/mol. The van der Waals surface area contributed by atoms with Gasteiger partial charge in [-0.25, -0.2) is 4.39 Å². The predicted molar refractivity (Wildman–Crippen MR) is 118 cm³/mol. The topological polar surface area (TPSA) is 61.4 Å². The second-order valence-electron chi connectivity index (χ2n) is 8.12. The van der Waals surface area contributed by atoms with Crippen LogP contribution in [0.2, 0.25) is 5.02 Å². The highest BCUT2D eigenvalue weighted by Crippen LogP contribution is 2.39. The Morgan fingerprint density at radius 3 is 2.67 bits per heavy atom. The minimum absolute atomic E-state index is 0.0570. The number of rotatable bonds is 9. The van der Waals surface area contributed by atoms with Gasteiger partial charge in [-0.2, -0.15) is 0 Å². The van der Waals surface area contributed by atoms with Gasteiger partial charge in [-0.3, -0.25) is 4.79 Å². The molecule has 162 valence electrons. The molecule has 0 bridgehead atoms. The Bertz CT molecular complexity index is 844. The molecule has 2 aromatic carbocycles. The number of aliphatic hydroxyl groups is 1. The van der Waals surface area contributed by atoms with E-state index in [0.717, 1.165) is 24.9 Å². The van der Waals surface area contributed by atoms with E-state index in [2.05, 4.69) is 29.7 Å². The van der Waals surface area contributed by atoms with E-state index in [1.165, 1.54) is 24.5 Å². The smallest absolute Gasteiger partial charge is 0.251 e. The summed E-state index contributed by atoms with van der Waals surface area (Å²) < 4.78 is 13.3. The number of hydrogen-bond acceptors (Lipinski definition) is 3. The quantitative estimate of drug-likeness (QED) is 0.532. The SMILES string of the molecule is CC(NCCC1CCC(c2ccc(C(=O)NCCO)cc2)C1)c1ccc(F)c(Cl)c1. The lowest BCUT2D eigenvalue weighted by atomic mass is 9.94. The van der Waals surface area contributed by atoms with E-state index in [4.69, 9.17) is 16.7 Å². The molecule has 0 heterocycles. The molecule has 1 aliphatic rings. The molecular weight excluding hydrogens is 403 g/mol. The molecule has 0 aliphatic heterocycles. The van der Waals surface area contributed by atoms with Crippen LogP contribution in [0.5, 0.6) is 0 Å². The van der Waals surface area contributed by atoms with Crippen molar-refractivity contribution >= 4 is 17.5 Å². The summed E-state index contributed by atoms with van der Waals surface area (Å²) in [6.07, 6.45) is 4.65. The van der Waals surface area contributed by atoms with Crippen molar-refractivity contribution in [2.45, 2.75) is 44.6 Å². The highest BCUT2D eigenvalue weighted by molar-refractivity contribution is 6.30. The van der Waals surface area contributed by atoms with Crippen molar-refractivity contribution in [1.29, 1.82) is 0 Å². The number of aliphatic hydroxyl groups excluding tert-OH is 1. The molecule has 1 aliphatic carbocycles. The Morgan fingerprint density at radius 1 is 1.20 bits per heavy atom. The normalized spacial score (nSPS) is 19.6. The Morgan fingerprint density at radius 2 is 1.97 bits per heavy atom. The van der Waals surface area contributed by atoms with Gasteiger partial charge < -0.3 is 15.7 Å². The summed E-state index contributed by atoms with van der Waals surface area (Å²) in [5.74, 6) is 0.683. The standard InChI is InChI=1S/C24H30ClFN2O2/c1-16(20-8-9-23(26)22(25)15-20)27-11-10-17-2-3-21(14-17)18-4-6-19(7-5-18)24(30)28-12-13-29/h4-9,15-17,21,27,29H,2-3,10-14H2,1H3,(H,28,30). The van der Waals surface area contributed by atoms with E-state index >= 15 is 0 Å². The third-order valence-electron chi connectivity index (χ3n) is 6.03. The summed E-state index contributed by atoms with van der Waals surface area (Å²) in [6, 6.07) is 12.9. The molecule has 0 aromatic heterocycles. The minimum Gasteiger partial charge on any atom is -0.395 e. The van der Waals surface area contributed by atoms with Crippen molar-refractivity contribution in [3.63, 3.8) is 0 Å². The molecule has 3 rings (SSSR count). The van der Waals surface area contributed by atoms with Crippen molar-refractivity contribution in [2.75, 3.05) is 19.7 Å². The molecule has 3 N–H and O–H groups in total. The van der Waals surface area contributed by atoms with Gasteiger partial charge in [0.2, 0.25) is 0 Å². The van der Waals surface area contributed by atoms with E-state index < -0.39 is 0 Å². The van der Waals surface area contributed by atoms with Gasteiger partial charge >= 0.3 is 0 Å². The van der Waals surface area contributed by atoms with Crippen LogP contribution < -0.4 is 10.6 Å². The molecule has 3 unspecified atom stereocenters. The second kappa shape index (κ2) is 10.9. The van der Waals surface area contributed by atoms with E-state index in [0.29, 0.717) is 17.4 Å².